The van der Waals surface area contributed by atoms with Crippen molar-refractivity contribution in [2.24, 2.45) is 5.73 Å². The standard InChI is InChI=1S/C17H26FNO2/c1-3-21-17(10-5-4-6-11-17)15(19)12-13-8-7-9-14(20-2)16(13)18/h7-9,15H,3-6,10-12,19H2,1-2H3. The van der Waals surface area contributed by atoms with Crippen LogP contribution in [0.2, 0.25) is 0 Å². The maximum atomic E-state index is 14.3. The first kappa shape index (κ1) is 16.2. The van der Waals surface area contributed by atoms with E-state index in [2.05, 4.69) is 0 Å². The van der Waals surface area contributed by atoms with Gasteiger partial charge in [-0.1, -0.05) is 31.4 Å². The van der Waals surface area contributed by atoms with Gasteiger partial charge in [0.1, 0.15) is 0 Å². The van der Waals surface area contributed by atoms with Gasteiger partial charge in [0.15, 0.2) is 11.6 Å². The van der Waals surface area contributed by atoms with Crippen molar-refractivity contribution in [1.82, 2.24) is 0 Å². The van der Waals surface area contributed by atoms with Gasteiger partial charge in [-0.05, 0) is 37.8 Å². The minimum absolute atomic E-state index is 0.195. The summed E-state index contributed by atoms with van der Waals surface area (Å²) < 4.78 is 25.4. The first-order valence-electron chi connectivity index (χ1n) is 7.84. The summed E-state index contributed by atoms with van der Waals surface area (Å²) in [5.74, 6) is -0.0355. The van der Waals surface area contributed by atoms with Crippen molar-refractivity contribution < 1.29 is 13.9 Å². The van der Waals surface area contributed by atoms with Gasteiger partial charge < -0.3 is 15.2 Å². The fourth-order valence-corrected chi connectivity index (χ4v) is 3.35. The van der Waals surface area contributed by atoms with Crippen LogP contribution in [0, 0.1) is 5.82 Å². The molecule has 1 aliphatic rings. The number of hydrogen-bond donors (Lipinski definition) is 1. The van der Waals surface area contributed by atoms with E-state index >= 15 is 0 Å². The Morgan fingerprint density at radius 3 is 2.62 bits per heavy atom. The molecule has 0 radical (unpaired) electrons. The molecular formula is C17H26FNO2. The van der Waals surface area contributed by atoms with E-state index in [4.69, 9.17) is 15.2 Å². The van der Waals surface area contributed by atoms with Gasteiger partial charge in [0.25, 0.3) is 0 Å². The van der Waals surface area contributed by atoms with Crippen molar-refractivity contribution in [2.45, 2.75) is 57.1 Å². The molecule has 2 N–H and O–H groups in total. The van der Waals surface area contributed by atoms with Gasteiger partial charge in [0.2, 0.25) is 0 Å². The first-order chi connectivity index (χ1) is 10.1. The quantitative estimate of drug-likeness (QED) is 0.874. The Bertz CT molecular complexity index is 453. The largest absolute Gasteiger partial charge is 0.494 e. The third kappa shape index (κ3) is 3.55. The fraction of sp³-hybridized carbons (Fsp3) is 0.647. The van der Waals surface area contributed by atoms with E-state index < -0.39 is 0 Å². The highest BCUT2D eigenvalue weighted by Gasteiger charge is 2.39. The van der Waals surface area contributed by atoms with Crippen LogP contribution >= 0.6 is 0 Å². The summed E-state index contributed by atoms with van der Waals surface area (Å²) in [6.45, 7) is 2.64. The van der Waals surface area contributed by atoms with Crippen LogP contribution in [0.25, 0.3) is 0 Å². The minimum Gasteiger partial charge on any atom is -0.494 e. The molecule has 0 aliphatic heterocycles. The summed E-state index contributed by atoms with van der Waals surface area (Å²) in [5, 5.41) is 0. The zero-order valence-electron chi connectivity index (χ0n) is 13.0. The van der Waals surface area contributed by atoms with Crippen LogP contribution in [0.5, 0.6) is 5.75 Å². The topological polar surface area (TPSA) is 44.5 Å². The molecule has 1 saturated carbocycles. The second kappa shape index (κ2) is 7.23. The highest BCUT2D eigenvalue weighted by molar-refractivity contribution is 5.32. The predicted molar refractivity (Wildman–Crippen MR) is 82.1 cm³/mol. The van der Waals surface area contributed by atoms with E-state index in [1.807, 2.05) is 6.92 Å². The van der Waals surface area contributed by atoms with Gasteiger partial charge in [-0.3, -0.25) is 0 Å². The Hall–Kier alpha value is -1.13. The van der Waals surface area contributed by atoms with E-state index in [1.165, 1.54) is 13.5 Å². The van der Waals surface area contributed by atoms with Crippen LogP contribution in [0.3, 0.4) is 0 Å². The van der Waals surface area contributed by atoms with Crippen molar-refractivity contribution in [2.75, 3.05) is 13.7 Å². The molecule has 0 amide bonds. The maximum absolute atomic E-state index is 14.3. The van der Waals surface area contributed by atoms with Crippen molar-refractivity contribution in [3.05, 3.63) is 29.6 Å². The molecule has 0 saturated heterocycles. The molecule has 1 aliphatic carbocycles. The number of rotatable bonds is 6. The normalized spacial score (nSPS) is 19.2. The molecular weight excluding hydrogens is 269 g/mol. The van der Waals surface area contributed by atoms with E-state index in [0.29, 0.717) is 18.6 Å². The summed E-state index contributed by atoms with van der Waals surface area (Å²) >= 11 is 0. The van der Waals surface area contributed by atoms with Crippen molar-refractivity contribution >= 4 is 0 Å². The van der Waals surface area contributed by atoms with Crippen molar-refractivity contribution in [1.29, 1.82) is 0 Å². The smallest absolute Gasteiger partial charge is 0.168 e. The third-order valence-corrected chi connectivity index (χ3v) is 4.51. The summed E-state index contributed by atoms with van der Waals surface area (Å²) in [4.78, 5) is 0. The second-order valence-corrected chi connectivity index (χ2v) is 5.80. The molecule has 1 unspecified atom stereocenters. The highest BCUT2D eigenvalue weighted by Crippen LogP contribution is 2.35. The van der Waals surface area contributed by atoms with Gasteiger partial charge in [0, 0.05) is 12.6 Å². The average molecular weight is 295 g/mol. The number of ether oxygens (including phenoxy) is 2. The van der Waals surface area contributed by atoms with Crippen LogP contribution in [0.1, 0.15) is 44.6 Å². The Labute approximate surface area is 126 Å². The van der Waals surface area contributed by atoms with Gasteiger partial charge in [-0.2, -0.15) is 0 Å². The lowest BCUT2D eigenvalue weighted by atomic mass is 9.77. The Balaban J connectivity index is 2.17. The van der Waals surface area contributed by atoms with E-state index in [-0.39, 0.29) is 23.2 Å². The summed E-state index contributed by atoms with van der Waals surface area (Å²) in [5.41, 5.74) is 6.73. The predicted octanol–water partition coefficient (Wildman–Crippen LogP) is 3.44. The lowest BCUT2D eigenvalue weighted by Gasteiger charge is -2.41. The van der Waals surface area contributed by atoms with Gasteiger partial charge in [0.05, 0.1) is 12.7 Å². The van der Waals surface area contributed by atoms with Crippen LogP contribution in [-0.2, 0) is 11.2 Å². The van der Waals surface area contributed by atoms with Crippen LogP contribution in [0.4, 0.5) is 4.39 Å². The van der Waals surface area contributed by atoms with Gasteiger partial charge >= 0.3 is 0 Å². The van der Waals surface area contributed by atoms with Gasteiger partial charge in [-0.15, -0.1) is 0 Å². The molecule has 0 spiro atoms. The molecule has 3 nitrogen and oxygen atoms in total. The third-order valence-electron chi connectivity index (χ3n) is 4.51. The lowest BCUT2D eigenvalue weighted by molar-refractivity contribution is -0.0818. The van der Waals surface area contributed by atoms with Crippen LogP contribution < -0.4 is 10.5 Å². The van der Waals surface area contributed by atoms with Gasteiger partial charge in [-0.25, -0.2) is 4.39 Å². The summed E-state index contributed by atoms with van der Waals surface area (Å²) in [6.07, 6.45) is 5.90. The van der Waals surface area contributed by atoms with Crippen LogP contribution in [-0.4, -0.2) is 25.4 Å². The molecule has 1 fully saturated rings. The second-order valence-electron chi connectivity index (χ2n) is 5.80. The minimum atomic E-state index is -0.307. The van der Waals surface area contributed by atoms with E-state index in [0.717, 1.165) is 25.7 Å². The molecule has 0 aromatic heterocycles. The Kier molecular flexibility index (Phi) is 5.59. The first-order valence-corrected chi connectivity index (χ1v) is 7.84. The molecule has 2 rings (SSSR count). The molecule has 4 heteroatoms. The molecule has 21 heavy (non-hydrogen) atoms. The zero-order chi connectivity index (χ0) is 15.3. The molecule has 118 valence electrons. The SMILES string of the molecule is CCOC1(C(N)Cc2cccc(OC)c2F)CCCCC1. The summed E-state index contributed by atoms with van der Waals surface area (Å²) in [6, 6.07) is 5.01. The average Bonchev–Trinajstić information content (AvgIpc) is 2.50. The fourth-order valence-electron chi connectivity index (χ4n) is 3.35. The van der Waals surface area contributed by atoms with E-state index in [9.17, 15) is 4.39 Å². The number of halogens is 1. The monoisotopic (exact) mass is 295 g/mol. The molecule has 1 aromatic rings. The Morgan fingerprint density at radius 1 is 1.29 bits per heavy atom. The number of nitrogens with two attached hydrogens (primary N) is 1. The molecule has 0 bridgehead atoms. The van der Waals surface area contributed by atoms with Crippen molar-refractivity contribution in [3.8, 4) is 5.75 Å². The lowest BCUT2D eigenvalue weighted by Crippen LogP contribution is -2.52. The molecule has 1 aromatic carbocycles. The zero-order valence-corrected chi connectivity index (χ0v) is 13.0. The highest BCUT2D eigenvalue weighted by atomic mass is 19.1. The maximum Gasteiger partial charge on any atom is 0.168 e. The summed E-state index contributed by atoms with van der Waals surface area (Å²) in [7, 11) is 1.48. The number of methoxy groups -OCH3 is 1. The number of benzene rings is 1. The molecule has 0 heterocycles. The Morgan fingerprint density at radius 2 is 2.00 bits per heavy atom. The number of hydrogen-bond acceptors (Lipinski definition) is 3. The van der Waals surface area contributed by atoms with Crippen molar-refractivity contribution in [3.63, 3.8) is 0 Å². The van der Waals surface area contributed by atoms with E-state index in [1.54, 1.807) is 18.2 Å². The van der Waals surface area contributed by atoms with Crippen LogP contribution in [0.15, 0.2) is 18.2 Å². The molecule has 1 atom stereocenters.